The molecule has 1 unspecified atom stereocenters. The summed E-state index contributed by atoms with van der Waals surface area (Å²) in [5.74, 6) is 1.16. The Bertz CT molecular complexity index is 648. The Kier molecular flexibility index (Phi) is 4.96. The van der Waals surface area contributed by atoms with Crippen LogP contribution in [0.5, 0.6) is 0 Å². The maximum absolute atomic E-state index is 12.0. The molecule has 2 aromatic rings. The van der Waals surface area contributed by atoms with Gasteiger partial charge in [0.2, 0.25) is 5.95 Å². The third-order valence-corrected chi connectivity index (χ3v) is 3.59. The van der Waals surface area contributed by atoms with Crippen LogP contribution < -0.4 is 10.9 Å². The van der Waals surface area contributed by atoms with Gasteiger partial charge >= 0.3 is 0 Å². The van der Waals surface area contributed by atoms with Crippen LogP contribution in [0, 0.1) is 5.92 Å². The van der Waals surface area contributed by atoms with Crippen LogP contribution in [0.25, 0.3) is 10.9 Å². The van der Waals surface area contributed by atoms with E-state index in [0.29, 0.717) is 28.8 Å². The lowest BCUT2D eigenvalue weighted by Crippen LogP contribution is -2.36. The van der Waals surface area contributed by atoms with E-state index < -0.39 is 0 Å². The van der Waals surface area contributed by atoms with Gasteiger partial charge < -0.3 is 10.2 Å². The molecule has 0 aliphatic heterocycles. The number of hydrogen-bond donors (Lipinski definition) is 2. The Labute approximate surface area is 125 Å². The molecule has 1 aromatic heterocycles. The molecule has 0 radical (unpaired) electrons. The van der Waals surface area contributed by atoms with Crippen molar-refractivity contribution in [1.82, 2.24) is 14.9 Å². The molecule has 0 saturated carbocycles. The van der Waals surface area contributed by atoms with Gasteiger partial charge in [0, 0.05) is 12.6 Å². The first-order chi connectivity index (χ1) is 9.97. The molecular weight excluding hydrogens is 264 g/mol. The zero-order chi connectivity index (χ0) is 15.4. The predicted molar refractivity (Wildman–Crippen MR) is 87.8 cm³/mol. The number of nitrogens with one attached hydrogen (secondary N) is 2. The summed E-state index contributed by atoms with van der Waals surface area (Å²) in [7, 11) is 4.15. The lowest BCUT2D eigenvalue weighted by Gasteiger charge is -2.26. The van der Waals surface area contributed by atoms with Gasteiger partial charge in [-0.3, -0.25) is 9.78 Å². The van der Waals surface area contributed by atoms with Crippen molar-refractivity contribution in [2.24, 2.45) is 5.92 Å². The molecule has 21 heavy (non-hydrogen) atoms. The van der Waals surface area contributed by atoms with Crippen molar-refractivity contribution in [1.29, 1.82) is 0 Å². The molecule has 0 aliphatic carbocycles. The summed E-state index contributed by atoms with van der Waals surface area (Å²) < 4.78 is 0. The molecule has 114 valence electrons. The zero-order valence-corrected chi connectivity index (χ0v) is 13.2. The molecule has 0 bridgehead atoms. The summed E-state index contributed by atoms with van der Waals surface area (Å²) >= 11 is 0. The summed E-state index contributed by atoms with van der Waals surface area (Å²) in [6, 6.07) is 7.78. The van der Waals surface area contributed by atoms with Crippen molar-refractivity contribution < 1.29 is 0 Å². The third-order valence-electron chi connectivity index (χ3n) is 3.59. The van der Waals surface area contributed by atoms with Crippen LogP contribution in [0.4, 0.5) is 5.95 Å². The Balaban J connectivity index is 2.14. The molecule has 0 amide bonds. The van der Waals surface area contributed by atoms with Crippen LogP contribution in [0.3, 0.4) is 0 Å². The molecule has 0 saturated heterocycles. The molecule has 0 spiro atoms. The zero-order valence-electron chi connectivity index (χ0n) is 13.2. The number of benzene rings is 1. The molecule has 2 N–H and O–H groups in total. The second-order valence-electron chi connectivity index (χ2n) is 6.06. The largest absolute Gasteiger partial charge is 0.354 e. The van der Waals surface area contributed by atoms with E-state index in [-0.39, 0.29) is 5.56 Å². The molecule has 1 aromatic carbocycles. The van der Waals surface area contributed by atoms with Gasteiger partial charge in [0.1, 0.15) is 0 Å². The SMILES string of the molecule is CC(C)CC(CNc1nc2ccccc2c(=O)[nH]1)N(C)C. The van der Waals surface area contributed by atoms with Crippen LogP contribution in [0.15, 0.2) is 29.1 Å². The first-order valence-corrected chi connectivity index (χ1v) is 7.36. The first kappa shape index (κ1) is 15.5. The molecule has 1 heterocycles. The minimum atomic E-state index is -0.103. The highest BCUT2D eigenvalue weighted by atomic mass is 16.1. The van der Waals surface area contributed by atoms with Gasteiger partial charge in [-0.05, 0) is 38.6 Å². The lowest BCUT2D eigenvalue weighted by atomic mass is 10.0. The average Bonchev–Trinajstić information content (AvgIpc) is 2.43. The molecule has 0 fully saturated rings. The fourth-order valence-electron chi connectivity index (χ4n) is 2.41. The van der Waals surface area contributed by atoms with Crippen molar-refractivity contribution in [3.05, 3.63) is 34.6 Å². The number of hydrogen-bond acceptors (Lipinski definition) is 4. The summed E-state index contributed by atoms with van der Waals surface area (Å²) in [6.07, 6.45) is 1.10. The van der Waals surface area contributed by atoms with E-state index >= 15 is 0 Å². The molecule has 1 atom stereocenters. The fraction of sp³-hybridized carbons (Fsp3) is 0.500. The van der Waals surface area contributed by atoms with Crippen LogP contribution >= 0.6 is 0 Å². The molecule has 5 nitrogen and oxygen atoms in total. The monoisotopic (exact) mass is 288 g/mol. The van der Waals surface area contributed by atoms with Crippen molar-refractivity contribution in [3.8, 4) is 0 Å². The van der Waals surface area contributed by atoms with Gasteiger partial charge in [-0.25, -0.2) is 4.98 Å². The number of aromatic amines is 1. The van der Waals surface area contributed by atoms with Gasteiger partial charge in [-0.2, -0.15) is 0 Å². The van der Waals surface area contributed by atoms with Crippen LogP contribution in [-0.4, -0.2) is 41.5 Å². The van der Waals surface area contributed by atoms with Crippen LogP contribution in [0.1, 0.15) is 20.3 Å². The lowest BCUT2D eigenvalue weighted by molar-refractivity contribution is 0.265. The summed E-state index contributed by atoms with van der Waals surface area (Å²) in [6.45, 7) is 5.19. The molecule has 5 heteroatoms. The topological polar surface area (TPSA) is 61.0 Å². The standard InChI is InChI=1S/C16H24N4O/c1-11(2)9-12(20(3)4)10-17-16-18-14-8-6-5-7-13(14)15(21)19-16/h5-8,11-12H,9-10H2,1-4H3,(H2,17,18,19,21). The van der Waals surface area contributed by atoms with Crippen molar-refractivity contribution in [3.63, 3.8) is 0 Å². The number of fused-ring (bicyclic) bond motifs is 1. The smallest absolute Gasteiger partial charge is 0.260 e. The number of rotatable bonds is 6. The van der Waals surface area contributed by atoms with Crippen molar-refractivity contribution >= 4 is 16.9 Å². The Hall–Kier alpha value is -1.88. The maximum atomic E-state index is 12.0. The van der Waals surface area contributed by atoms with E-state index in [9.17, 15) is 4.79 Å². The normalized spacial score (nSPS) is 13.0. The number of para-hydroxylation sites is 1. The van der Waals surface area contributed by atoms with Gasteiger partial charge in [0.05, 0.1) is 10.9 Å². The third kappa shape index (κ3) is 4.04. The second kappa shape index (κ2) is 6.72. The Morgan fingerprint density at radius 2 is 2.00 bits per heavy atom. The number of likely N-dealkylation sites (N-methyl/N-ethyl adjacent to an activating group) is 1. The van der Waals surface area contributed by atoms with E-state index in [1.54, 1.807) is 6.07 Å². The number of aromatic nitrogens is 2. The van der Waals surface area contributed by atoms with Crippen LogP contribution in [0.2, 0.25) is 0 Å². The van der Waals surface area contributed by atoms with Crippen molar-refractivity contribution in [2.75, 3.05) is 26.0 Å². The van der Waals surface area contributed by atoms with E-state index in [2.05, 4.69) is 48.1 Å². The number of H-pyrrole nitrogens is 1. The molecular formula is C16H24N4O. The van der Waals surface area contributed by atoms with Gasteiger partial charge in [-0.15, -0.1) is 0 Å². The van der Waals surface area contributed by atoms with E-state index in [1.165, 1.54) is 0 Å². The van der Waals surface area contributed by atoms with Gasteiger partial charge in [-0.1, -0.05) is 26.0 Å². The Morgan fingerprint density at radius 1 is 1.29 bits per heavy atom. The highest BCUT2D eigenvalue weighted by Crippen LogP contribution is 2.11. The van der Waals surface area contributed by atoms with Gasteiger partial charge in [0.25, 0.3) is 5.56 Å². The fourth-order valence-corrected chi connectivity index (χ4v) is 2.41. The Morgan fingerprint density at radius 3 is 2.67 bits per heavy atom. The van der Waals surface area contributed by atoms with Crippen LogP contribution in [-0.2, 0) is 0 Å². The van der Waals surface area contributed by atoms with Crippen molar-refractivity contribution in [2.45, 2.75) is 26.3 Å². The number of nitrogens with zero attached hydrogens (tertiary/aromatic N) is 2. The van der Waals surface area contributed by atoms with E-state index in [4.69, 9.17) is 0 Å². The summed E-state index contributed by atoms with van der Waals surface area (Å²) in [5.41, 5.74) is 0.613. The maximum Gasteiger partial charge on any atom is 0.260 e. The first-order valence-electron chi connectivity index (χ1n) is 7.36. The highest BCUT2D eigenvalue weighted by Gasteiger charge is 2.13. The second-order valence-corrected chi connectivity index (χ2v) is 6.06. The highest BCUT2D eigenvalue weighted by molar-refractivity contribution is 5.78. The minimum Gasteiger partial charge on any atom is -0.354 e. The molecule has 0 aliphatic rings. The average molecular weight is 288 g/mol. The number of anilines is 1. The predicted octanol–water partition coefficient (Wildman–Crippen LogP) is 2.31. The van der Waals surface area contributed by atoms with E-state index in [0.717, 1.165) is 13.0 Å². The molecule has 2 rings (SSSR count). The summed E-state index contributed by atoms with van der Waals surface area (Å²) in [5, 5.41) is 3.88. The minimum absolute atomic E-state index is 0.103. The summed E-state index contributed by atoms with van der Waals surface area (Å²) in [4.78, 5) is 21.5. The van der Waals surface area contributed by atoms with Gasteiger partial charge in [0.15, 0.2) is 0 Å². The quantitative estimate of drug-likeness (QED) is 0.856. The van der Waals surface area contributed by atoms with E-state index in [1.807, 2.05) is 18.2 Å².